The highest BCUT2D eigenvalue weighted by Gasteiger charge is 2.09. The number of benzene rings is 2. The van der Waals surface area contributed by atoms with E-state index in [1.54, 1.807) is 6.33 Å². The van der Waals surface area contributed by atoms with E-state index in [1.165, 1.54) is 11.1 Å². The highest BCUT2D eigenvalue weighted by molar-refractivity contribution is 5.63. The Labute approximate surface area is 152 Å². The van der Waals surface area contributed by atoms with E-state index in [1.807, 2.05) is 42.4 Å². The molecule has 0 atom stereocenters. The second-order valence-corrected chi connectivity index (χ2v) is 6.23. The summed E-state index contributed by atoms with van der Waals surface area (Å²) in [6, 6.07) is 18.8. The Morgan fingerprint density at radius 2 is 1.77 bits per heavy atom. The number of hydrogen-bond acceptors (Lipinski definition) is 4. The molecule has 26 heavy (non-hydrogen) atoms. The first-order valence-electron chi connectivity index (χ1n) is 8.53. The van der Waals surface area contributed by atoms with Gasteiger partial charge in [0.25, 0.3) is 0 Å². The molecule has 0 spiro atoms. The minimum atomic E-state index is 0.534. The third-order valence-electron chi connectivity index (χ3n) is 4.15. The first kappa shape index (κ1) is 16.3. The maximum Gasteiger partial charge on any atom is 0.230 e. The van der Waals surface area contributed by atoms with Crippen molar-refractivity contribution < 1.29 is 4.52 Å². The van der Waals surface area contributed by atoms with Gasteiger partial charge in [-0.15, -0.1) is 0 Å². The normalized spacial score (nSPS) is 11.0. The maximum absolute atomic E-state index is 5.31. The molecule has 1 radical (unpaired) electrons. The molecule has 0 aliphatic heterocycles. The van der Waals surface area contributed by atoms with E-state index in [0.717, 1.165) is 11.3 Å². The third-order valence-corrected chi connectivity index (χ3v) is 4.15. The number of aryl methyl sites for hydroxylation is 1. The molecular formula is C21H19N4O. The van der Waals surface area contributed by atoms with Gasteiger partial charge in [-0.1, -0.05) is 59.8 Å². The number of hydrogen-bond donors (Lipinski definition) is 0. The smallest absolute Gasteiger partial charge is 0.230 e. The van der Waals surface area contributed by atoms with Gasteiger partial charge in [0.1, 0.15) is 0 Å². The quantitative estimate of drug-likeness (QED) is 0.533. The van der Waals surface area contributed by atoms with Crippen LogP contribution >= 0.6 is 0 Å². The molecule has 0 aliphatic carbocycles. The molecule has 0 unspecified atom stereocenters. The van der Waals surface area contributed by atoms with Gasteiger partial charge in [0, 0.05) is 26.1 Å². The molecule has 0 saturated carbocycles. The minimum absolute atomic E-state index is 0.534. The number of rotatable bonds is 6. The summed E-state index contributed by atoms with van der Waals surface area (Å²) in [4.78, 5) is 8.72. The first-order valence-corrected chi connectivity index (χ1v) is 8.53. The van der Waals surface area contributed by atoms with Crippen LogP contribution < -0.4 is 0 Å². The largest absolute Gasteiger partial charge is 0.340 e. The van der Waals surface area contributed by atoms with Crippen LogP contribution in [0.2, 0.25) is 0 Å². The Bertz CT molecular complexity index is 971. The van der Waals surface area contributed by atoms with Crippen LogP contribution in [0.5, 0.6) is 0 Å². The lowest BCUT2D eigenvalue weighted by Crippen LogP contribution is -1.93. The zero-order chi connectivity index (χ0) is 17.8. The van der Waals surface area contributed by atoms with Crippen molar-refractivity contribution in [2.45, 2.75) is 12.8 Å². The number of imidazole rings is 1. The predicted molar refractivity (Wildman–Crippen MR) is 99.3 cm³/mol. The van der Waals surface area contributed by atoms with Gasteiger partial charge in [0.2, 0.25) is 5.89 Å². The Morgan fingerprint density at radius 3 is 2.50 bits per heavy atom. The average Bonchev–Trinajstić information content (AvgIpc) is 3.30. The minimum Gasteiger partial charge on any atom is -0.340 e. The molecule has 5 nitrogen and oxygen atoms in total. The summed E-state index contributed by atoms with van der Waals surface area (Å²) in [5, 5.41) is 4.07. The van der Waals surface area contributed by atoms with Crippen molar-refractivity contribution >= 4 is 0 Å². The first-order chi connectivity index (χ1) is 12.8. The molecule has 4 rings (SSSR count). The summed E-state index contributed by atoms with van der Waals surface area (Å²) in [5.41, 5.74) is 4.54. The summed E-state index contributed by atoms with van der Waals surface area (Å²) in [6.45, 7) is 0. The predicted octanol–water partition coefficient (Wildman–Crippen LogP) is 3.86. The number of nitrogens with zero attached hydrogens (tertiary/aromatic N) is 4. The monoisotopic (exact) mass is 343 g/mol. The van der Waals surface area contributed by atoms with Crippen molar-refractivity contribution in [2.75, 3.05) is 0 Å². The van der Waals surface area contributed by atoms with Gasteiger partial charge >= 0.3 is 0 Å². The topological polar surface area (TPSA) is 56.7 Å². The SMILES string of the molecule is Cn1cnc(C[CH]c2nc(Cc3ccc(-c4ccccc4)cc3)no2)c1. The van der Waals surface area contributed by atoms with Crippen LogP contribution in [0.4, 0.5) is 0 Å². The standard InChI is InChI=1S/C21H19N4O/c1-25-14-19(22-15-25)11-12-21-23-20(24-26-21)13-16-7-9-18(10-8-16)17-5-3-2-4-6-17/h2-10,12,14-15H,11,13H2,1H3. The maximum atomic E-state index is 5.31. The van der Waals surface area contributed by atoms with Gasteiger partial charge in [0.15, 0.2) is 5.82 Å². The van der Waals surface area contributed by atoms with E-state index in [9.17, 15) is 0 Å². The zero-order valence-corrected chi connectivity index (χ0v) is 14.5. The van der Waals surface area contributed by atoms with Gasteiger partial charge in [-0.05, 0) is 16.7 Å². The second kappa shape index (κ2) is 7.35. The average molecular weight is 343 g/mol. The summed E-state index contributed by atoms with van der Waals surface area (Å²) in [6.07, 6.45) is 6.98. The Hall–Kier alpha value is -3.21. The van der Waals surface area contributed by atoms with Crippen LogP contribution in [0.15, 0.2) is 71.6 Å². The van der Waals surface area contributed by atoms with Crippen LogP contribution in [0.1, 0.15) is 23.0 Å². The molecule has 2 heterocycles. The number of aromatic nitrogens is 4. The summed E-state index contributed by atoms with van der Waals surface area (Å²) in [5.74, 6) is 1.22. The Balaban J connectivity index is 1.38. The fourth-order valence-electron chi connectivity index (χ4n) is 2.81. The molecule has 0 aliphatic rings. The van der Waals surface area contributed by atoms with Gasteiger partial charge in [-0.2, -0.15) is 4.98 Å². The molecule has 0 saturated heterocycles. The van der Waals surface area contributed by atoms with Gasteiger partial charge in [-0.3, -0.25) is 0 Å². The summed E-state index contributed by atoms with van der Waals surface area (Å²) >= 11 is 0. The Kier molecular flexibility index (Phi) is 4.60. The van der Waals surface area contributed by atoms with Crippen LogP contribution in [0.25, 0.3) is 11.1 Å². The molecule has 0 N–H and O–H groups in total. The van der Waals surface area contributed by atoms with E-state index in [2.05, 4.69) is 51.5 Å². The molecule has 0 amide bonds. The van der Waals surface area contributed by atoms with Crippen molar-refractivity contribution in [3.63, 3.8) is 0 Å². The zero-order valence-electron chi connectivity index (χ0n) is 14.5. The van der Waals surface area contributed by atoms with E-state index in [-0.39, 0.29) is 0 Å². The van der Waals surface area contributed by atoms with E-state index < -0.39 is 0 Å². The van der Waals surface area contributed by atoms with Crippen LogP contribution in [-0.4, -0.2) is 19.7 Å². The fraction of sp³-hybridized carbons (Fsp3) is 0.143. The third kappa shape index (κ3) is 3.88. The lowest BCUT2D eigenvalue weighted by Gasteiger charge is -2.02. The van der Waals surface area contributed by atoms with Crippen LogP contribution in [-0.2, 0) is 19.9 Å². The second-order valence-electron chi connectivity index (χ2n) is 6.23. The molecular weight excluding hydrogens is 324 g/mol. The highest BCUT2D eigenvalue weighted by atomic mass is 16.5. The molecule has 0 bridgehead atoms. The summed E-state index contributed by atoms with van der Waals surface area (Å²) < 4.78 is 7.23. The molecule has 5 heteroatoms. The molecule has 4 aromatic rings. The Morgan fingerprint density at radius 1 is 1.00 bits per heavy atom. The molecule has 0 fully saturated rings. The molecule has 2 aromatic heterocycles. The van der Waals surface area contributed by atoms with E-state index >= 15 is 0 Å². The van der Waals surface area contributed by atoms with E-state index in [4.69, 9.17) is 4.52 Å². The van der Waals surface area contributed by atoms with Crippen molar-refractivity contribution in [1.29, 1.82) is 0 Å². The van der Waals surface area contributed by atoms with Gasteiger partial charge in [0.05, 0.1) is 18.4 Å². The summed E-state index contributed by atoms with van der Waals surface area (Å²) in [7, 11) is 1.95. The fourth-order valence-corrected chi connectivity index (χ4v) is 2.81. The molecule has 2 aromatic carbocycles. The van der Waals surface area contributed by atoms with Crippen molar-refractivity contribution in [2.24, 2.45) is 7.05 Å². The lowest BCUT2D eigenvalue weighted by molar-refractivity contribution is 0.391. The van der Waals surface area contributed by atoms with Crippen molar-refractivity contribution in [3.8, 4) is 11.1 Å². The van der Waals surface area contributed by atoms with Crippen molar-refractivity contribution in [1.82, 2.24) is 19.7 Å². The van der Waals surface area contributed by atoms with Crippen molar-refractivity contribution in [3.05, 3.63) is 96.5 Å². The van der Waals surface area contributed by atoms with E-state index in [0.29, 0.717) is 24.6 Å². The molecule has 129 valence electrons. The highest BCUT2D eigenvalue weighted by Crippen LogP contribution is 2.20. The van der Waals surface area contributed by atoms with Crippen LogP contribution in [0.3, 0.4) is 0 Å². The van der Waals surface area contributed by atoms with Crippen LogP contribution in [0, 0.1) is 6.42 Å². The van der Waals surface area contributed by atoms with Gasteiger partial charge in [-0.25, -0.2) is 4.98 Å². The van der Waals surface area contributed by atoms with Gasteiger partial charge < -0.3 is 9.09 Å². The lowest BCUT2D eigenvalue weighted by atomic mass is 10.0.